The van der Waals surface area contributed by atoms with Crippen LogP contribution in [0, 0.1) is 5.92 Å². The fourth-order valence-electron chi connectivity index (χ4n) is 2.63. The van der Waals surface area contributed by atoms with E-state index in [1.165, 1.54) is 6.42 Å². The van der Waals surface area contributed by atoms with Gasteiger partial charge >= 0.3 is 6.03 Å². The zero-order valence-electron chi connectivity index (χ0n) is 12.8. The average molecular weight is 325 g/mol. The normalized spacial score (nSPS) is 15.3. The number of rotatable bonds is 5. The van der Waals surface area contributed by atoms with Gasteiger partial charge in [0.2, 0.25) is 5.91 Å². The molecule has 1 aliphatic rings. The molecule has 1 fully saturated rings. The van der Waals surface area contributed by atoms with Crippen LogP contribution in [-0.2, 0) is 4.79 Å². The van der Waals surface area contributed by atoms with Crippen LogP contribution in [0.25, 0.3) is 0 Å². The van der Waals surface area contributed by atoms with Crippen molar-refractivity contribution in [2.24, 2.45) is 5.92 Å². The van der Waals surface area contributed by atoms with Crippen LogP contribution in [0.1, 0.15) is 32.1 Å². The highest BCUT2D eigenvalue weighted by Crippen LogP contribution is 2.25. The second kappa shape index (κ2) is 8.45. The largest absolute Gasteiger partial charge is 0.332 e. The molecular weight excluding hydrogens is 304 g/mol. The number of carbonyl (C=O) groups is 2. The number of halogens is 2. The Morgan fingerprint density at radius 3 is 2.39 bits per heavy atom. The van der Waals surface area contributed by atoms with Gasteiger partial charge in [0.15, 0.2) is 0 Å². The third-order valence-electron chi connectivity index (χ3n) is 3.78. The van der Waals surface area contributed by atoms with Crippen LogP contribution in [-0.4, -0.2) is 24.9 Å². The Balaban J connectivity index is 1.88. The van der Waals surface area contributed by atoms with Gasteiger partial charge in [-0.15, -0.1) is 0 Å². The number of amides is 3. The summed E-state index contributed by atoms with van der Waals surface area (Å²) >= 11 is 0. The first-order chi connectivity index (χ1) is 11.0. The molecule has 2 rings (SSSR count). The van der Waals surface area contributed by atoms with Gasteiger partial charge in [-0.1, -0.05) is 25.3 Å². The van der Waals surface area contributed by atoms with Crippen molar-refractivity contribution in [2.75, 3.05) is 17.2 Å². The maximum atomic E-state index is 12.2. The first-order valence-electron chi connectivity index (χ1n) is 7.78. The van der Waals surface area contributed by atoms with E-state index in [1.807, 2.05) is 0 Å². The highest BCUT2D eigenvalue weighted by atomic mass is 19.3. The van der Waals surface area contributed by atoms with Gasteiger partial charge in [-0.25, -0.2) is 13.6 Å². The van der Waals surface area contributed by atoms with E-state index in [2.05, 4.69) is 16.0 Å². The predicted molar refractivity (Wildman–Crippen MR) is 84.7 cm³/mol. The molecule has 7 heteroatoms. The lowest BCUT2D eigenvalue weighted by Crippen LogP contribution is -2.32. The van der Waals surface area contributed by atoms with E-state index < -0.39 is 19.0 Å². The van der Waals surface area contributed by atoms with Crippen LogP contribution in [0.5, 0.6) is 0 Å². The molecule has 0 saturated heterocycles. The van der Waals surface area contributed by atoms with E-state index in [9.17, 15) is 18.4 Å². The number of alkyl halides is 2. The number of urea groups is 1. The summed E-state index contributed by atoms with van der Waals surface area (Å²) in [6.45, 7) is -0.704. The van der Waals surface area contributed by atoms with Crippen LogP contribution < -0.4 is 16.0 Å². The SMILES string of the molecule is O=C(NCC(F)F)Nc1cccc(NC(=O)C2CCCCC2)c1. The summed E-state index contributed by atoms with van der Waals surface area (Å²) in [7, 11) is 0. The summed E-state index contributed by atoms with van der Waals surface area (Å²) < 4.78 is 24.1. The van der Waals surface area contributed by atoms with Gasteiger partial charge in [0.1, 0.15) is 0 Å². The number of benzene rings is 1. The standard InChI is InChI=1S/C16H21F2N3O2/c17-14(18)10-19-16(23)21-13-8-4-7-12(9-13)20-15(22)11-5-2-1-3-6-11/h4,7-9,11,14H,1-3,5-6,10H2,(H,20,22)(H2,19,21,23). The minimum Gasteiger partial charge on any atom is -0.332 e. The summed E-state index contributed by atoms with van der Waals surface area (Å²) in [5.41, 5.74) is 1.01. The van der Waals surface area contributed by atoms with Gasteiger partial charge < -0.3 is 16.0 Å². The molecule has 1 aliphatic carbocycles. The van der Waals surface area contributed by atoms with Gasteiger partial charge in [-0.2, -0.15) is 0 Å². The number of anilines is 2. The molecule has 23 heavy (non-hydrogen) atoms. The first-order valence-corrected chi connectivity index (χ1v) is 7.78. The maximum absolute atomic E-state index is 12.2. The van der Waals surface area contributed by atoms with Gasteiger partial charge in [0.05, 0.1) is 6.54 Å². The van der Waals surface area contributed by atoms with Gasteiger partial charge in [0, 0.05) is 17.3 Å². The molecule has 3 amide bonds. The molecule has 0 bridgehead atoms. The molecule has 1 aromatic carbocycles. The molecule has 0 unspecified atom stereocenters. The number of carbonyl (C=O) groups excluding carboxylic acids is 2. The molecule has 0 aliphatic heterocycles. The molecule has 1 saturated carbocycles. The lowest BCUT2D eigenvalue weighted by Gasteiger charge is -2.20. The fraction of sp³-hybridized carbons (Fsp3) is 0.500. The molecule has 3 N–H and O–H groups in total. The Labute approximate surface area is 133 Å². The third-order valence-corrected chi connectivity index (χ3v) is 3.78. The molecule has 5 nitrogen and oxygen atoms in total. The molecular formula is C16H21F2N3O2. The molecule has 0 radical (unpaired) electrons. The van der Waals surface area contributed by atoms with Crippen molar-refractivity contribution in [2.45, 2.75) is 38.5 Å². The van der Waals surface area contributed by atoms with Gasteiger partial charge in [0.25, 0.3) is 6.43 Å². The van der Waals surface area contributed by atoms with E-state index in [-0.39, 0.29) is 11.8 Å². The monoisotopic (exact) mass is 325 g/mol. The van der Waals surface area contributed by atoms with Crippen molar-refractivity contribution in [3.05, 3.63) is 24.3 Å². The van der Waals surface area contributed by atoms with E-state index >= 15 is 0 Å². The van der Waals surface area contributed by atoms with Gasteiger partial charge in [-0.3, -0.25) is 4.79 Å². The van der Waals surface area contributed by atoms with Crippen molar-refractivity contribution in [1.29, 1.82) is 0 Å². The van der Waals surface area contributed by atoms with Crippen LogP contribution in [0.2, 0.25) is 0 Å². The Kier molecular flexibility index (Phi) is 6.31. The summed E-state index contributed by atoms with van der Waals surface area (Å²) in [6.07, 6.45) is 2.53. The van der Waals surface area contributed by atoms with Crippen molar-refractivity contribution >= 4 is 23.3 Å². The predicted octanol–water partition coefficient (Wildman–Crippen LogP) is 3.59. The Bertz CT molecular complexity index is 546. The van der Waals surface area contributed by atoms with Crippen LogP contribution in [0.4, 0.5) is 25.0 Å². The second-order valence-electron chi connectivity index (χ2n) is 5.63. The minimum absolute atomic E-state index is 0.0102. The van der Waals surface area contributed by atoms with Crippen molar-refractivity contribution in [3.63, 3.8) is 0 Å². The van der Waals surface area contributed by atoms with Crippen molar-refractivity contribution < 1.29 is 18.4 Å². The Morgan fingerprint density at radius 2 is 1.74 bits per heavy atom. The van der Waals surface area contributed by atoms with Crippen LogP contribution in [0.3, 0.4) is 0 Å². The molecule has 0 spiro atoms. The van der Waals surface area contributed by atoms with Gasteiger partial charge in [-0.05, 0) is 31.0 Å². The first kappa shape index (κ1) is 17.2. The third kappa shape index (κ3) is 5.84. The zero-order chi connectivity index (χ0) is 16.7. The van der Waals surface area contributed by atoms with Crippen LogP contribution >= 0.6 is 0 Å². The smallest absolute Gasteiger partial charge is 0.319 e. The number of hydrogen-bond donors (Lipinski definition) is 3. The zero-order valence-corrected chi connectivity index (χ0v) is 12.8. The molecule has 1 aromatic rings. The lowest BCUT2D eigenvalue weighted by atomic mass is 9.88. The van der Waals surface area contributed by atoms with E-state index in [1.54, 1.807) is 24.3 Å². The lowest BCUT2D eigenvalue weighted by molar-refractivity contribution is -0.120. The average Bonchev–Trinajstić information content (AvgIpc) is 2.54. The Morgan fingerprint density at radius 1 is 1.09 bits per heavy atom. The topological polar surface area (TPSA) is 70.2 Å². The van der Waals surface area contributed by atoms with Crippen LogP contribution in [0.15, 0.2) is 24.3 Å². The molecule has 0 aromatic heterocycles. The molecule has 0 atom stereocenters. The van der Waals surface area contributed by atoms with E-state index in [0.717, 1.165) is 25.7 Å². The highest BCUT2D eigenvalue weighted by Gasteiger charge is 2.21. The van der Waals surface area contributed by atoms with E-state index in [0.29, 0.717) is 11.4 Å². The number of hydrogen-bond acceptors (Lipinski definition) is 2. The summed E-state index contributed by atoms with van der Waals surface area (Å²) in [5.74, 6) is 0.0266. The number of nitrogens with one attached hydrogen (secondary N) is 3. The van der Waals surface area contributed by atoms with Crippen molar-refractivity contribution in [1.82, 2.24) is 5.32 Å². The van der Waals surface area contributed by atoms with E-state index in [4.69, 9.17) is 0 Å². The highest BCUT2D eigenvalue weighted by molar-refractivity contribution is 5.94. The summed E-state index contributed by atoms with van der Waals surface area (Å²) in [4.78, 5) is 23.6. The summed E-state index contributed by atoms with van der Waals surface area (Å²) in [5, 5.41) is 7.36. The molecule has 126 valence electrons. The fourth-order valence-corrected chi connectivity index (χ4v) is 2.63. The molecule has 0 heterocycles. The second-order valence-corrected chi connectivity index (χ2v) is 5.63. The Hall–Kier alpha value is -2.18. The minimum atomic E-state index is -2.60. The van der Waals surface area contributed by atoms with Crippen molar-refractivity contribution in [3.8, 4) is 0 Å². The quantitative estimate of drug-likeness (QED) is 0.774. The summed E-state index contributed by atoms with van der Waals surface area (Å²) in [6, 6.07) is 5.92. The maximum Gasteiger partial charge on any atom is 0.319 e.